The number of nitrogens with one attached hydrogen (secondary N) is 1. The summed E-state index contributed by atoms with van der Waals surface area (Å²) in [4.78, 5) is 22.0. The Hall–Kier alpha value is -3.76. The molecule has 1 aliphatic rings. The van der Waals surface area contributed by atoms with Crippen molar-refractivity contribution in [1.82, 2.24) is 9.97 Å². The van der Waals surface area contributed by atoms with Crippen molar-refractivity contribution in [2.75, 3.05) is 29.9 Å². The number of alkyl halides is 6. The summed E-state index contributed by atoms with van der Waals surface area (Å²) in [5.74, 6) is -1.17. The van der Waals surface area contributed by atoms with Gasteiger partial charge in [0.15, 0.2) is 5.03 Å². The first-order chi connectivity index (χ1) is 18.1. The van der Waals surface area contributed by atoms with E-state index in [1.54, 1.807) is 0 Å². The Morgan fingerprint density at radius 3 is 2.28 bits per heavy atom. The molecule has 0 aliphatic carbocycles. The Morgan fingerprint density at radius 2 is 1.67 bits per heavy atom. The SMILES string of the molecule is NS(=O)(=O)c1cc(NC(=O)c2cc(C(F)(F)F)cnc2N2CCOC(c3ccc(C(F)(F)F)cc3)C2)ccn1. The zero-order chi connectivity index (χ0) is 28.6. The number of rotatable bonds is 5. The van der Waals surface area contributed by atoms with E-state index in [4.69, 9.17) is 9.88 Å². The van der Waals surface area contributed by atoms with Gasteiger partial charge in [0, 0.05) is 37.2 Å². The van der Waals surface area contributed by atoms with Crippen molar-refractivity contribution in [3.63, 3.8) is 0 Å². The molecule has 0 saturated carbocycles. The molecule has 1 unspecified atom stereocenters. The molecule has 0 bridgehead atoms. The number of amides is 1. The first-order valence-electron chi connectivity index (χ1n) is 11.0. The molecule has 3 heterocycles. The number of hydrogen-bond donors (Lipinski definition) is 2. The maximum Gasteiger partial charge on any atom is 0.417 e. The average Bonchev–Trinajstić information content (AvgIpc) is 2.87. The smallest absolute Gasteiger partial charge is 0.370 e. The number of morpholine rings is 1. The van der Waals surface area contributed by atoms with E-state index in [-0.39, 0.29) is 31.2 Å². The molecule has 0 radical (unpaired) electrons. The number of aromatic nitrogens is 2. The molecule has 3 N–H and O–H groups in total. The topological polar surface area (TPSA) is 128 Å². The molecule has 2 aromatic heterocycles. The number of nitrogens with zero attached hydrogens (tertiary/aromatic N) is 3. The van der Waals surface area contributed by atoms with Crippen molar-refractivity contribution in [3.05, 3.63) is 77.1 Å². The number of carbonyl (C=O) groups is 1. The van der Waals surface area contributed by atoms with Crippen molar-refractivity contribution in [3.8, 4) is 0 Å². The third-order valence-electron chi connectivity index (χ3n) is 5.70. The van der Waals surface area contributed by atoms with E-state index in [2.05, 4.69) is 15.3 Å². The number of primary sulfonamides is 1. The number of nitrogens with two attached hydrogens (primary N) is 1. The van der Waals surface area contributed by atoms with Crippen LogP contribution in [0, 0.1) is 0 Å². The number of anilines is 2. The monoisotopic (exact) mass is 575 g/mol. The van der Waals surface area contributed by atoms with Gasteiger partial charge < -0.3 is 15.0 Å². The molecule has 16 heteroatoms. The number of benzene rings is 1. The van der Waals surface area contributed by atoms with Crippen LogP contribution >= 0.6 is 0 Å². The van der Waals surface area contributed by atoms with E-state index >= 15 is 0 Å². The number of carbonyl (C=O) groups excluding carboxylic acids is 1. The van der Waals surface area contributed by atoms with Gasteiger partial charge >= 0.3 is 12.4 Å². The minimum atomic E-state index is -4.83. The molecule has 0 spiro atoms. The van der Waals surface area contributed by atoms with Crippen molar-refractivity contribution < 1.29 is 44.3 Å². The van der Waals surface area contributed by atoms with Gasteiger partial charge in [-0.25, -0.2) is 23.5 Å². The number of pyridine rings is 2. The van der Waals surface area contributed by atoms with Crippen LogP contribution in [0.3, 0.4) is 0 Å². The van der Waals surface area contributed by atoms with Crippen molar-refractivity contribution in [2.24, 2.45) is 5.14 Å². The van der Waals surface area contributed by atoms with E-state index in [0.29, 0.717) is 17.8 Å². The molecule has 1 atom stereocenters. The van der Waals surface area contributed by atoms with Crippen LogP contribution in [-0.2, 0) is 27.1 Å². The third kappa shape index (κ3) is 6.63. The Bertz CT molecular complexity index is 1480. The minimum Gasteiger partial charge on any atom is -0.370 e. The Labute approximate surface area is 217 Å². The summed E-state index contributed by atoms with van der Waals surface area (Å²) in [5.41, 5.74) is -2.26. The maximum atomic E-state index is 13.4. The highest BCUT2D eigenvalue weighted by Crippen LogP contribution is 2.35. The average molecular weight is 575 g/mol. The number of sulfonamides is 1. The summed E-state index contributed by atoms with van der Waals surface area (Å²) in [5, 5.41) is 6.78. The van der Waals surface area contributed by atoms with E-state index in [1.165, 1.54) is 23.1 Å². The summed E-state index contributed by atoms with van der Waals surface area (Å²) >= 11 is 0. The Kier molecular flexibility index (Phi) is 7.55. The summed E-state index contributed by atoms with van der Waals surface area (Å²) in [6.45, 7) is 0.118. The first kappa shape index (κ1) is 28.3. The fourth-order valence-electron chi connectivity index (χ4n) is 3.80. The van der Waals surface area contributed by atoms with Crippen LogP contribution in [0.1, 0.15) is 33.2 Å². The molecule has 39 heavy (non-hydrogen) atoms. The molecule has 1 aromatic carbocycles. The highest BCUT2D eigenvalue weighted by Gasteiger charge is 2.35. The Morgan fingerprint density at radius 1 is 1.00 bits per heavy atom. The summed E-state index contributed by atoms with van der Waals surface area (Å²) < 4.78 is 108. The van der Waals surface area contributed by atoms with Crippen LogP contribution in [0.15, 0.2) is 59.9 Å². The molecular weight excluding hydrogens is 556 g/mol. The normalized spacial score (nSPS) is 16.7. The maximum absolute atomic E-state index is 13.4. The lowest BCUT2D eigenvalue weighted by Crippen LogP contribution is -2.40. The van der Waals surface area contributed by atoms with Crippen molar-refractivity contribution in [1.29, 1.82) is 0 Å². The quantitative estimate of drug-likeness (QED) is 0.441. The van der Waals surface area contributed by atoms with Gasteiger partial charge in [0.05, 0.1) is 23.3 Å². The molecule has 1 amide bonds. The van der Waals surface area contributed by atoms with Gasteiger partial charge in [-0.05, 0) is 29.8 Å². The Balaban J connectivity index is 1.65. The van der Waals surface area contributed by atoms with E-state index < -0.39 is 56.1 Å². The molecule has 1 saturated heterocycles. The van der Waals surface area contributed by atoms with E-state index in [9.17, 15) is 39.6 Å². The number of halogens is 6. The summed E-state index contributed by atoms with van der Waals surface area (Å²) in [6, 6.07) is 6.98. The third-order valence-corrected chi connectivity index (χ3v) is 6.50. The number of ether oxygens (including phenoxy) is 1. The molecule has 1 fully saturated rings. The zero-order valence-corrected chi connectivity index (χ0v) is 20.4. The fourth-order valence-corrected chi connectivity index (χ4v) is 4.30. The minimum absolute atomic E-state index is 0.0329. The highest BCUT2D eigenvalue weighted by molar-refractivity contribution is 7.89. The standard InChI is InChI=1S/C23H19F6N5O4S/c24-22(25,26)14-3-1-13(2-4-14)18-12-34(7-8-38-18)20-17(9-15(11-32-20)23(27,28)29)21(35)33-16-5-6-31-19(10-16)39(30,36)37/h1-6,9-11,18H,7-8,12H2,(H2,30,36,37)(H,31,33,35). The molecule has 4 rings (SSSR count). The summed E-state index contributed by atoms with van der Waals surface area (Å²) in [7, 11) is -4.23. The molecule has 3 aromatic rings. The molecule has 208 valence electrons. The highest BCUT2D eigenvalue weighted by atomic mass is 32.2. The lowest BCUT2D eigenvalue weighted by Gasteiger charge is -2.35. The van der Waals surface area contributed by atoms with Gasteiger partial charge in [0.1, 0.15) is 11.9 Å². The van der Waals surface area contributed by atoms with Crippen LogP contribution in [0.5, 0.6) is 0 Å². The second kappa shape index (κ2) is 10.4. The largest absolute Gasteiger partial charge is 0.417 e. The zero-order valence-electron chi connectivity index (χ0n) is 19.6. The van der Waals surface area contributed by atoms with Gasteiger partial charge in [0.2, 0.25) is 0 Å². The van der Waals surface area contributed by atoms with Gasteiger partial charge in [-0.15, -0.1) is 0 Å². The van der Waals surface area contributed by atoms with Crippen LogP contribution < -0.4 is 15.4 Å². The lowest BCUT2D eigenvalue weighted by atomic mass is 10.0. The predicted octanol–water partition coefficient (Wildman–Crippen LogP) is 3.99. The molecule has 9 nitrogen and oxygen atoms in total. The van der Waals surface area contributed by atoms with Gasteiger partial charge in [-0.1, -0.05) is 12.1 Å². The fraction of sp³-hybridized carbons (Fsp3) is 0.261. The van der Waals surface area contributed by atoms with Crippen LogP contribution in [-0.4, -0.2) is 44.0 Å². The van der Waals surface area contributed by atoms with Crippen LogP contribution in [0.2, 0.25) is 0 Å². The first-order valence-corrected chi connectivity index (χ1v) is 12.6. The van der Waals surface area contributed by atoms with Crippen molar-refractivity contribution >= 4 is 27.4 Å². The second-order valence-corrected chi connectivity index (χ2v) is 9.91. The summed E-state index contributed by atoms with van der Waals surface area (Å²) in [6.07, 6.45) is -8.53. The van der Waals surface area contributed by atoms with E-state index in [1.807, 2.05) is 0 Å². The van der Waals surface area contributed by atoms with Gasteiger partial charge in [-0.3, -0.25) is 4.79 Å². The van der Waals surface area contributed by atoms with E-state index in [0.717, 1.165) is 24.4 Å². The van der Waals surface area contributed by atoms with Gasteiger partial charge in [-0.2, -0.15) is 26.3 Å². The second-order valence-electron chi connectivity index (χ2n) is 8.40. The van der Waals surface area contributed by atoms with Crippen molar-refractivity contribution in [2.45, 2.75) is 23.5 Å². The van der Waals surface area contributed by atoms with Crippen LogP contribution in [0.25, 0.3) is 0 Å². The van der Waals surface area contributed by atoms with Crippen LogP contribution in [0.4, 0.5) is 37.8 Å². The number of hydrogen-bond acceptors (Lipinski definition) is 7. The predicted molar refractivity (Wildman–Crippen MR) is 125 cm³/mol. The van der Waals surface area contributed by atoms with Gasteiger partial charge in [0.25, 0.3) is 15.9 Å². The molecular formula is C23H19F6N5O4S. The molecule has 1 aliphatic heterocycles. The lowest BCUT2D eigenvalue weighted by molar-refractivity contribution is -0.138.